The van der Waals surface area contributed by atoms with Gasteiger partial charge in [0.05, 0.1) is 5.88 Å². The normalized spacial score (nSPS) is 21.4. The van der Waals surface area contributed by atoms with E-state index in [2.05, 4.69) is 0 Å². The van der Waals surface area contributed by atoms with Crippen LogP contribution in [0, 0.1) is 0 Å². The highest BCUT2D eigenvalue weighted by Crippen LogP contribution is 2.17. The van der Waals surface area contributed by atoms with E-state index >= 15 is 0 Å². The van der Waals surface area contributed by atoms with Gasteiger partial charge >= 0.3 is 0 Å². The fourth-order valence-electron chi connectivity index (χ4n) is 0.810. The van der Waals surface area contributed by atoms with Gasteiger partial charge in [0.2, 0.25) is 0 Å². The van der Waals surface area contributed by atoms with Crippen LogP contribution in [0.5, 0.6) is 0 Å². The van der Waals surface area contributed by atoms with Gasteiger partial charge in [-0.3, -0.25) is 0 Å². The molecule has 11 heavy (non-hydrogen) atoms. The van der Waals surface area contributed by atoms with E-state index in [0.717, 1.165) is 5.75 Å². The topological polar surface area (TPSA) is 40.6 Å². The van der Waals surface area contributed by atoms with Crippen LogP contribution >= 0.6 is 11.8 Å². The quantitative estimate of drug-likeness (QED) is 0.614. The molecule has 66 valence electrons. The summed E-state index contributed by atoms with van der Waals surface area (Å²) in [5.41, 5.74) is 0. The third-order valence-electron chi connectivity index (χ3n) is 1.51. The lowest BCUT2D eigenvalue weighted by molar-refractivity contribution is 0.430. The molecule has 0 aromatic rings. The Morgan fingerprint density at radius 1 is 1.45 bits per heavy atom. The number of thioether (sulfide) groups is 1. The summed E-state index contributed by atoms with van der Waals surface area (Å²) in [6, 6.07) is 0. The van der Waals surface area contributed by atoms with Crippen LogP contribution in [0.25, 0.3) is 0 Å². The summed E-state index contributed by atoms with van der Waals surface area (Å²) in [5.74, 6) is 1.51. The molecular formula is C5H12N2O2S2. The molecule has 1 fully saturated rings. The Labute approximate surface area is 71.7 Å². The maximum Gasteiger partial charge on any atom is 0.282 e. The molecule has 0 aromatic carbocycles. The molecule has 1 heterocycles. The molecule has 1 rings (SSSR count). The maximum absolute atomic E-state index is 11.4. The lowest BCUT2D eigenvalue weighted by Gasteiger charge is -2.19. The van der Waals surface area contributed by atoms with Gasteiger partial charge in [0.25, 0.3) is 10.2 Å². The predicted octanol–water partition coefficient (Wildman–Crippen LogP) is -0.201. The Hall–Kier alpha value is 0.220. The third-order valence-corrected chi connectivity index (χ3v) is 4.52. The molecule has 0 aliphatic carbocycles. The van der Waals surface area contributed by atoms with Gasteiger partial charge in [-0.1, -0.05) is 0 Å². The highest BCUT2D eigenvalue weighted by Gasteiger charge is 2.27. The van der Waals surface area contributed by atoms with Crippen LogP contribution in [-0.4, -0.2) is 49.3 Å². The summed E-state index contributed by atoms with van der Waals surface area (Å²) in [4.78, 5) is 0. The van der Waals surface area contributed by atoms with E-state index in [-0.39, 0.29) is 0 Å². The average molecular weight is 196 g/mol. The first kappa shape index (κ1) is 9.31. The second-order valence-electron chi connectivity index (χ2n) is 2.50. The molecule has 0 spiro atoms. The minimum Gasteiger partial charge on any atom is -0.195 e. The molecule has 1 saturated heterocycles. The SMILES string of the molecule is CN(C)S(=O)(=O)N1CCSC1. The fraction of sp³-hybridized carbons (Fsp3) is 1.00. The van der Waals surface area contributed by atoms with Crippen LogP contribution in [0.4, 0.5) is 0 Å². The van der Waals surface area contributed by atoms with E-state index in [4.69, 9.17) is 0 Å². The Bertz CT molecular complexity index is 219. The standard InChI is InChI=1S/C5H12N2O2S2/c1-6(2)11(8,9)7-3-4-10-5-7/h3-5H2,1-2H3. The number of hydrogen-bond donors (Lipinski definition) is 0. The number of rotatable bonds is 2. The zero-order valence-corrected chi connectivity index (χ0v) is 8.28. The summed E-state index contributed by atoms with van der Waals surface area (Å²) in [6.07, 6.45) is 0. The molecule has 0 bridgehead atoms. The molecule has 6 heteroatoms. The molecule has 0 amide bonds. The molecule has 0 aromatic heterocycles. The first-order valence-electron chi connectivity index (χ1n) is 3.30. The van der Waals surface area contributed by atoms with E-state index < -0.39 is 10.2 Å². The van der Waals surface area contributed by atoms with Gasteiger partial charge in [0, 0.05) is 26.4 Å². The molecule has 4 nitrogen and oxygen atoms in total. The van der Waals surface area contributed by atoms with Gasteiger partial charge < -0.3 is 0 Å². The molecule has 0 unspecified atom stereocenters. The third kappa shape index (κ3) is 1.87. The van der Waals surface area contributed by atoms with Crippen LogP contribution in [0.1, 0.15) is 0 Å². The second-order valence-corrected chi connectivity index (χ2v) is 5.72. The van der Waals surface area contributed by atoms with Gasteiger partial charge in [-0.2, -0.15) is 17.0 Å². The van der Waals surface area contributed by atoms with Crippen LogP contribution in [0.2, 0.25) is 0 Å². The van der Waals surface area contributed by atoms with Crippen molar-refractivity contribution in [2.45, 2.75) is 0 Å². The molecular weight excluding hydrogens is 184 g/mol. The monoisotopic (exact) mass is 196 g/mol. The van der Waals surface area contributed by atoms with Crippen molar-refractivity contribution in [1.82, 2.24) is 8.61 Å². The molecule has 0 saturated carbocycles. The van der Waals surface area contributed by atoms with Crippen LogP contribution in [-0.2, 0) is 10.2 Å². The zero-order chi connectivity index (χ0) is 8.48. The number of hydrogen-bond acceptors (Lipinski definition) is 3. The van der Waals surface area contributed by atoms with E-state index in [1.807, 2.05) is 0 Å². The van der Waals surface area contributed by atoms with E-state index in [0.29, 0.717) is 12.4 Å². The zero-order valence-electron chi connectivity index (χ0n) is 6.65. The summed E-state index contributed by atoms with van der Waals surface area (Å²) < 4.78 is 25.5. The summed E-state index contributed by atoms with van der Waals surface area (Å²) in [6.45, 7) is 0.644. The molecule has 0 atom stereocenters. The van der Waals surface area contributed by atoms with E-state index in [1.54, 1.807) is 25.9 Å². The molecule has 0 radical (unpaired) electrons. The second kappa shape index (κ2) is 3.30. The van der Waals surface area contributed by atoms with Crippen LogP contribution in [0.3, 0.4) is 0 Å². The summed E-state index contributed by atoms with van der Waals surface area (Å²) in [5, 5.41) is 0. The van der Waals surface area contributed by atoms with E-state index in [9.17, 15) is 8.42 Å². The Morgan fingerprint density at radius 2 is 2.09 bits per heavy atom. The predicted molar refractivity (Wildman–Crippen MR) is 46.6 cm³/mol. The Morgan fingerprint density at radius 3 is 2.45 bits per heavy atom. The first-order valence-corrected chi connectivity index (χ1v) is 5.85. The lowest BCUT2D eigenvalue weighted by Crippen LogP contribution is -2.38. The average Bonchev–Trinajstić information content (AvgIpc) is 2.37. The van der Waals surface area contributed by atoms with Crippen LogP contribution < -0.4 is 0 Å². The van der Waals surface area contributed by atoms with Gasteiger partial charge in [-0.25, -0.2) is 0 Å². The fourth-order valence-corrected chi connectivity index (χ4v) is 3.28. The van der Waals surface area contributed by atoms with Crippen molar-refractivity contribution in [2.24, 2.45) is 0 Å². The van der Waals surface area contributed by atoms with Crippen LogP contribution in [0.15, 0.2) is 0 Å². The Kier molecular flexibility index (Phi) is 2.79. The summed E-state index contributed by atoms with van der Waals surface area (Å²) in [7, 11) is -0.0230. The molecule has 0 N–H and O–H groups in total. The minimum absolute atomic E-state index is 0.598. The highest BCUT2D eigenvalue weighted by molar-refractivity contribution is 8.00. The van der Waals surface area contributed by atoms with Gasteiger partial charge in [-0.15, -0.1) is 11.8 Å². The minimum atomic E-state index is -3.13. The maximum atomic E-state index is 11.4. The lowest BCUT2D eigenvalue weighted by atomic mass is 10.8. The van der Waals surface area contributed by atoms with Crippen molar-refractivity contribution in [3.8, 4) is 0 Å². The first-order chi connectivity index (χ1) is 5.05. The highest BCUT2D eigenvalue weighted by atomic mass is 32.2. The van der Waals surface area contributed by atoms with Crippen molar-refractivity contribution >= 4 is 22.0 Å². The largest absolute Gasteiger partial charge is 0.282 e. The molecule has 1 aliphatic heterocycles. The van der Waals surface area contributed by atoms with Gasteiger partial charge in [0.1, 0.15) is 0 Å². The van der Waals surface area contributed by atoms with Crippen molar-refractivity contribution in [3.63, 3.8) is 0 Å². The van der Waals surface area contributed by atoms with Crippen molar-refractivity contribution in [1.29, 1.82) is 0 Å². The summed E-state index contributed by atoms with van der Waals surface area (Å²) >= 11 is 1.65. The van der Waals surface area contributed by atoms with Gasteiger partial charge in [-0.05, 0) is 0 Å². The molecule has 1 aliphatic rings. The van der Waals surface area contributed by atoms with E-state index in [1.165, 1.54) is 8.61 Å². The smallest absolute Gasteiger partial charge is 0.195 e. The number of nitrogens with zero attached hydrogens (tertiary/aromatic N) is 2. The van der Waals surface area contributed by atoms with Crippen molar-refractivity contribution < 1.29 is 8.42 Å². The van der Waals surface area contributed by atoms with Crippen molar-refractivity contribution in [3.05, 3.63) is 0 Å². The van der Waals surface area contributed by atoms with Crippen molar-refractivity contribution in [2.75, 3.05) is 32.3 Å². The Balaban J connectivity index is 2.72. The van der Waals surface area contributed by atoms with Gasteiger partial charge in [0.15, 0.2) is 0 Å².